The molecule has 0 saturated carbocycles. The highest BCUT2D eigenvalue weighted by Crippen LogP contribution is 2.31. The van der Waals surface area contributed by atoms with E-state index in [0.717, 1.165) is 20.5 Å². The van der Waals surface area contributed by atoms with Gasteiger partial charge in [0.1, 0.15) is 16.0 Å². The van der Waals surface area contributed by atoms with Gasteiger partial charge < -0.3 is 14.2 Å². The van der Waals surface area contributed by atoms with E-state index in [1.807, 2.05) is 0 Å². The van der Waals surface area contributed by atoms with Crippen molar-refractivity contribution in [3.8, 4) is 5.75 Å². The van der Waals surface area contributed by atoms with E-state index in [1.54, 1.807) is 35.7 Å². The Bertz CT molecular complexity index is 986. The van der Waals surface area contributed by atoms with Gasteiger partial charge in [-0.1, -0.05) is 6.07 Å². The number of sulfonamides is 1. The molecule has 1 aromatic carbocycles. The van der Waals surface area contributed by atoms with Crippen LogP contribution in [0.2, 0.25) is 0 Å². The number of imide groups is 1. The number of nitrogens with zero attached hydrogens (tertiary/aromatic N) is 2. The third kappa shape index (κ3) is 4.25. The van der Waals surface area contributed by atoms with E-state index in [9.17, 15) is 18.0 Å². The van der Waals surface area contributed by atoms with E-state index >= 15 is 0 Å². The van der Waals surface area contributed by atoms with Crippen molar-refractivity contribution in [3.05, 3.63) is 41.8 Å². The van der Waals surface area contributed by atoms with Crippen LogP contribution in [0.3, 0.4) is 0 Å². The van der Waals surface area contributed by atoms with Crippen molar-refractivity contribution >= 4 is 38.9 Å². The highest BCUT2D eigenvalue weighted by molar-refractivity contribution is 7.91. The Labute approximate surface area is 178 Å². The molecule has 3 rings (SSSR count). The van der Waals surface area contributed by atoms with Crippen LogP contribution in [0.25, 0.3) is 0 Å². The van der Waals surface area contributed by atoms with E-state index < -0.39 is 34.2 Å². The molecule has 1 aliphatic rings. The van der Waals surface area contributed by atoms with Gasteiger partial charge in [-0.15, -0.1) is 11.3 Å². The number of benzene rings is 1. The molecule has 1 atom stereocenters. The number of thiophene rings is 1. The normalized spacial score (nSPS) is 17.4. The van der Waals surface area contributed by atoms with E-state index in [1.165, 1.54) is 27.4 Å². The molecule has 2 heterocycles. The molecule has 0 bridgehead atoms. The Kier molecular flexibility index (Phi) is 6.88. The van der Waals surface area contributed by atoms with Crippen molar-refractivity contribution in [3.63, 3.8) is 0 Å². The van der Waals surface area contributed by atoms with Crippen LogP contribution in [-0.2, 0) is 29.1 Å². The third-order valence-corrected chi connectivity index (χ3v) is 7.96. The Hall–Kier alpha value is -2.31. The number of amides is 2. The summed E-state index contributed by atoms with van der Waals surface area (Å²) < 4.78 is 43.0. The second-order valence-electron chi connectivity index (χ2n) is 6.39. The van der Waals surface area contributed by atoms with Crippen molar-refractivity contribution in [1.82, 2.24) is 4.31 Å². The number of hydrogen-bond donors (Lipinski definition) is 0. The van der Waals surface area contributed by atoms with Crippen LogP contribution >= 0.6 is 11.3 Å². The van der Waals surface area contributed by atoms with Gasteiger partial charge in [-0.3, -0.25) is 9.59 Å². The first kappa shape index (κ1) is 22.4. The van der Waals surface area contributed by atoms with Gasteiger partial charge in [-0.05, 0) is 35.7 Å². The molecule has 2 aromatic rings. The summed E-state index contributed by atoms with van der Waals surface area (Å²) in [6.07, 6.45) is -1.19. The zero-order valence-electron chi connectivity index (χ0n) is 16.7. The van der Waals surface area contributed by atoms with E-state index in [0.29, 0.717) is 11.4 Å². The number of carbonyl (C=O) groups excluding carboxylic acids is 2. The molecule has 1 fully saturated rings. The summed E-state index contributed by atoms with van der Waals surface area (Å²) in [6.45, 7) is -0.243. The molecule has 9 nitrogen and oxygen atoms in total. The highest BCUT2D eigenvalue weighted by atomic mass is 32.2. The SMILES string of the molecule is COc1ccc(N2C(=O)CC(N(CC(OC)OC)S(=O)(=O)c3cccs3)C2=O)cc1. The lowest BCUT2D eigenvalue weighted by Crippen LogP contribution is -2.48. The monoisotopic (exact) mass is 454 g/mol. The minimum absolute atomic E-state index is 0.0663. The maximum Gasteiger partial charge on any atom is 0.253 e. The molecule has 0 N–H and O–H groups in total. The van der Waals surface area contributed by atoms with Crippen LogP contribution in [0.4, 0.5) is 5.69 Å². The van der Waals surface area contributed by atoms with Crippen molar-refractivity contribution in [2.45, 2.75) is 23.0 Å². The Balaban J connectivity index is 1.97. The smallest absolute Gasteiger partial charge is 0.253 e. The van der Waals surface area contributed by atoms with Crippen LogP contribution in [0.1, 0.15) is 6.42 Å². The van der Waals surface area contributed by atoms with E-state index in [4.69, 9.17) is 14.2 Å². The molecule has 1 unspecified atom stereocenters. The summed E-state index contributed by atoms with van der Waals surface area (Å²) >= 11 is 1.03. The van der Waals surface area contributed by atoms with Crippen LogP contribution in [0.15, 0.2) is 46.0 Å². The maximum atomic E-state index is 13.3. The lowest BCUT2D eigenvalue weighted by Gasteiger charge is -2.28. The lowest BCUT2D eigenvalue weighted by molar-refractivity contribution is -0.125. The lowest BCUT2D eigenvalue weighted by atomic mass is 10.2. The van der Waals surface area contributed by atoms with Gasteiger partial charge in [-0.2, -0.15) is 4.31 Å². The second-order valence-corrected chi connectivity index (χ2v) is 9.46. The molecule has 11 heteroatoms. The highest BCUT2D eigenvalue weighted by Gasteiger charge is 2.47. The van der Waals surface area contributed by atoms with Gasteiger partial charge in [0.2, 0.25) is 5.91 Å². The average Bonchev–Trinajstić information content (AvgIpc) is 3.38. The molecule has 162 valence electrons. The Morgan fingerprint density at radius 1 is 1.13 bits per heavy atom. The second kappa shape index (κ2) is 9.23. The van der Waals surface area contributed by atoms with Crippen molar-refractivity contribution < 1.29 is 32.2 Å². The minimum atomic E-state index is -4.06. The molecular weight excluding hydrogens is 432 g/mol. The molecule has 1 aliphatic heterocycles. The van der Waals surface area contributed by atoms with Crippen molar-refractivity contribution in [2.75, 3.05) is 32.8 Å². The molecule has 0 radical (unpaired) electrons. The Morgan fingerprint density at radius 3 is 2.33 bits per heavy atom. The first-order valence-electron chi connectivity index (χ1n) is 8.95. The fourth-order valence-corrected chi connectivity index (χ4v) is 5.84. The zero-order chi connectivity index (χ0) is 21.9. The number of ether oxygens (including phenoxy) is 3. The standard InChI is InChI=1S/C19H22N2O7S2/c1-26-14-8-6-13(7-9-14)21-16(22)11-15(19(21)23)20(12-17(27-2)28-3)30(24,25)18-5-4-10-29-18/h4-10,15,17H,11-12H2,1-3H3. The molecule has 1 aromatic heterocycles. The molecule has 0 aliphatic carbocycles. The van der Waals surface area contributed by atoms with Gasteiger partial charge in [0, 0.05) is 14.2 Å². The largest absolute Gasteiger partial charge is 0.497 e. The van der Waals surface area contributed by atoms with Crippen LogP contribution in [-0.4, -0.2) is 64.7 Å². The van der Waals surface area contributed by atoms with Gasteiger partial charge in [0.25, 0.3) is 15.9 Å². The molecule has 30 heavy (non-hydrogen) atoms. The summed E-state index contributed by atoms with van der Waals surface area (Å²) in [7, 11) is 0.190. The van der Waals surface area contributed by atoms with Gasteiger partial charge in [0.15, 0.2) is 6.29 Å². The molecule has 2 amide bonds. The summed E-state index contributed by atoms with van der Waals surface area (Å²) in [4.78, 5) is 26.9. The van der Waals surface area contributed by atoms with Crippen LogP contribution < -0.4 is 9.64 Å². The molecule has 1 saturated heterocycles. The first-order chi connectivity index (χ1) is 14.3. The quantitative estimate of drug-likeness (QED) is 0.420. The first-order valence-corrected chi connectivity index (χ1v) is 11.3. The number of rotatable bonds is 9. The summed E-state index contributed by atoms with van der Waals surface area (Å²) in [5, 5.41) is 1.63. The van der Waals surface area contributed by atoms with Crippen molar-refractivity contribution in [2.24, 2.45) is 0 Å². The summed E-state index contributed by atoms with van der Waals surface area (Å²) in [5.41, 5.74) is 0.344. The van der Waals surface area contributed by atoms with Gasteiger partial charge in [-0.25, -0.2) is 13.3 Å². The van der Waals surface area contributed by atoms with Crippen LogP contribution in [0.5, 0.6) is 5.75 Å². The summed E-state index contributed by atoms with van der Waals surface area (Å²) in [5.74, 6) is -0.552. The molecule has 0 spiro atoms. The maximum absolute atomic E-state index is 13.3. The van der Waals surface area contributed by atoms with Crippen molar-refractivity contribution in [1.29, 1.82) is 0 Å². The fourth-order valence-electron chi connectivity index (χ4n) is 3.15. The predicted octanol–water partition coefficient (Wildman–Crippen LogP) is 1.70. The predicted molar refractivity (Wildman–Crippen MR) is 110 cm³/mol. The van der Waals surface area contributed by atoms with E-state index in [2.05, 4.69) is 0 Å². The topological polar surface area (TPSA) is 102 Å². The van der Waals surface area contributed by atoms with Gasteiger partial charge >= 0.3 is 0 Å². The zero-order valence-corrected chi connectivity index (χ0v) is 18.3. The minimum Gasteiger partial charge on any atom is -0.497 e. The van der Waals surface area contributed by atoms with E-state index in [-0.39, 0.29) is 17.2 Å². The number of carbonyl (C=O) groups is 2. The third-order valence-electron chi connectivity index (χ3n) is 4.71. The van der Waals surface area contributed by atoms with Gasteiger partial charge in [0.05, 0.1) is 25.8 Å². The fraction of sp³-hybridized carbons (Fsp3) is 0.368. The Morgan fingerprint density at radius 2 is 1.80 bits per heavy atom. The number of anilines is 1. The number of methoxy groups -OCH3 is 3. The van der Waals surface area contributed by atoms with Crippen LogP contribution in [0, 0.1) is 0 Å². The average molecular weight is 455 g/mol. The summed E-state index contributed by atoms with van der Waals surface area (Å²) in [6, 6.07) is 8.23. The number of hydrogen-bond acceptors (Lipinski definition) is 8. The molecular formula is C19H22N2O7S2.